The van der Waals surface area contributed by atoms with E-state index in [4.69, 9.17) is 10.2 Å². The van der Waals surface area contributed by atoms with Crippen LogP contribution in [-0.4, -0.2) is 52.6 Å². The van der Waals surface area contributed by atoms with Crippen LogP contribution < -0.4 is 0 Å². The molecule has 0 aromatic heterocycles. The Labute approximate surface area is 62.4 Å². The van der Waals surface area contributed by atoms with Gasteiger partial charge in [-0.1, -0.05) is 0 Å². The quantitative estimate of drug-likeness (QED) is 0.482. The van der Waals surface area contributed by atoms with Crippen LogP contribution >= 0.6 is 0 Å². The van der Waals surface area contributed by atoms with Gasteiger partial charge in [0.1, 0.15) is 0 Å². The van der Waals surface area contributed by atoms with Crippen LogP contribution in [-0.2, 0) is 9.59 Å². The van der Waals surface area contributed by atoms with E-state index < -0.39 is 42.4 Å². The first kappa shape index (κ1) is 7.25. The Hall–Kier alpha value is 0.143. The molecule has 5 heteroatoms. The summed E-state index contributed by atoms with van der Waals surface area (Å²) in [4.78, 5) is 20.9. The van der Waals surface area contributed by atoms with Gasteiger partial charge in [-0.15, -0.1) is 0 Å². The molecule has 4 nitrogen and oxygen atoms in total. The average Bonchev–Trinajstić information content (AvgIpc) is 1.98. The van der Waals surface area contributed by atoms with E-state index in [1.807, 2.05) is 0 Å². The molecule has 1 saturated heterocycles. The fraction of sp³-hybridized carbons (Fsp3) is 0.500. The minimum absolute atomic E-state index is 0.410. The van der Waals surface area contributed by atoms with Crippen LogP contribution in [0.4, 0.5) is 0 Å². The van der Waals surface area contributed by atoms with E-state index in [1.165, 1.54) is 0 Å². The second-order valence-electron chi connectivity index (χ2n) is 1.68. The second kappa shape index (κ2) is 2.41. The number of aliphatic hydroxyl groups excluding tert-OH is 2. The molecule has 9 heavy (non-hydrogen) atoms. The van der Waals surface area contributed by atoms with Crippen molar-refractivity contribution < 1.29 is 19.8 Å². The Balaban J connectivity index is 2.77. The third-order valence-corrected chi connectivity index (χ3v) is 4.80. The average molecular weight is 325 g/mol. The Morgan fingerprint density at radius 1 is 1.11 bits per heavy atom. The summed E-state index contributed by atoms with van der Waals surface area (Å²) in [6.45, 7) is 0. The number of carbonyl (C=O) groups excluding carboxylic acids is 2. The van der Waals surface area contributed by atoms with Crippen molar-refractivity contribution in [2.24, 2.45) is 0 Å². The van der Waals surface area contributed by atoms with Gasteiger partial charge in [0, 0.05) is 0 Å². The predicted octanol–water partition coefficient (Wildman–Crippen LogP) is -2.52. The van der Waals surface area contributed by atoms with Gasteiger partial charge in [0.2, 0.25) is 0 Å². The summed E-state index contributed by atoms with van der Waals surface area (Å²) in [5, 5.41) is 17.3. The molecule has 2 unspecified atom stereocenters. The molecule has 0 amide bonds. The number of rotatable bonds is 0. The van der Waals surface area contributed by atoms with E-state index in [2.05, 4.69) is 0 Å². The summed E-state index contributed by atoms with van der Waals surface area (Å²) in [7, 11) is 0. The molecule has 1 rings (SSSR count). The summed E-state index contributed by atoms with van der Waals surface area (Å²) >= 11 is -1.83. The van der Waals surface area contributed by atoms with Crippen LogP contribution in [0, 0.1) is 0 Å². The summed E-state index contributed by atoms with van der Waals surface area (Å²) in [5.41, 5.74) is 0. The van der Waals surface area contributed by atoms with E-state index in [0.717, 1.165) is 0 Å². The summed E-state index contributed by atoms with van der Waals surface area (Å²) in [6, 6.07) is 0. The molecule has 2 radical (unpaired) electrons. The summed E-state index contributed by atoms with van der Waals surface area (Å²) < 4.78 is -0.819. The second-order valence-corrected chi connectivity index (χ2v) is 5.97. The summed E-state index contributed by atoms with van der Waals surface area (Å²) in [5.74, 6) is 0. The molecule has 48 valence electrons. The van der Waals surface area contributed by atoms with Crippen molar-refractivity contribution in [3.05, 3.63) is 0 Å². The van der Waals surface area contributed by atoms with Crippen molar-refractivity contribution in [2.45, 2.75) is 12.2 Å². The van der Waals surface area contributed by atoms with E-state index in [0.29, 0.717) is 0 Å². The van der Waals surface area contributed by atoms with Crippen molar-refractivity contribution >= 4 is 30.2 Å². The van der Waals surface area contributed by atoms with Crippen molar-refractivity contribution in [1.82, 2.24) is 0 Å². The van der Waals surface area contributed by atoms with Gasteiger partial charge < -0.3 is 0 Å². The molecule has 0 saturated carbocycles. The molecular formula is C4H4BiO4+. The molecule has 0 bridgehead atoms. The van der Waals surface area contributed by atoms with Crippen molar-refractivity contribution in [2.75, 3.05) is 0 Å². The van der Waals surface area contributed by atoms with Gasteiger partial charge in [-0.25, -0.2) is 0 Å². The van der Waals surface area contributed by atoms with Gasteiger partial charge in [0.25, 0.3) is 0 Å². The summed E-state index contributed by atoms with van der Waals surface area (Å²) in [6.07, 6.45) is -2.79. The van der Waals surface area contributed by atoms with Crippen molar-refractivity contribution in [3.63, 3.8) is 0 Å². The van der Waals surface area contributed by atoms with Gasteiger partial charge in [-0.05, 0) is 0 Å². The van der Waals surface area contributed by atoms with E-state index >= 15 is 0 Å². The number of carbonyl (C=O) groups is 2. The van der Waals surface area contributed by atoms with Crippen LogP contribution in [0.5, 0.6) is 0 Å². The monoisotopic (exact) mass is 325 g/mol. The molecule has 0 aromatic rings. The molecule has 1 aliphatic rings. The molecule has 0 aliphatic carbocycles. The van der Waals surface area contributed by atoms with E-state index in [-0.39, 0.29) is 0 Å². The molecule has 0 spiro atoms. The first-order chi connectivity index (χ1) is 4.13. The van der Waals surface area contributed by atoms with E-state index in [1.54, 1.807) is 0 Å². The third kappa shape index (κ3) is 1.18. The fourth-order valence-corrected chi connectivity index (χ4v) is 3.48. The van der Waals surface area contributed by atoms with Gasteiger partial charge in [0.05, 0.1) is 0 Å². The number of hydrogen-bond acceptors (Lipinski definition) is 4. The number of hydrogen-bond donors (Lipinski definition) is 2. The van der Waals surface area contributed by atoms with Gasteiger partial charge in [0.15, 0.2) is 0 Å². The van der Waals surface area contributed by atoms with Gasteiger partial charge in [-0.2, -0.15) is 0 Å². The fourth-order valence-electron chi connectivity index (χ4n) is 0.511. The molecule has 2 atom stereocenters. The molecular weight excluding hydrogens is 321 g/mol. The van der Waals surface area contributed by atoms with Gasteiger partial charge >= 0.3 is 62.2 Å². The van der Waals surface area contributed by atoms with Gasteiger partial charge in [-0.3, -0.25) is 0 Å². The minimum atomic E-state index is -1.83. The van der Waals surface area contributed by atoms with Crippen LogP contribution in [0.2, 0.25) is 0 Å². The maximum absolute atomic E-state index is 10.4. The van der Waals surface area contributed by atoms with Crippen LogP contribution in [0.25, 0.3) is 0 Å². The third-order valence-electron chi connectivity index (χ3n) is 1.03. The standard InChI is InChI=1S/C4H4O4.Bi/c5-1-3(7)4(8)2-6;/h3-4,7-8H;/q;+1. The number of aliphatic hydroxyl groups is 2. The predicted molar refractivity (Wildman–Crippen MR) is 27.8 cm³/mol. The molecule has 0 aromatic carbocycles. The van der Waals surface area contributed by atoms with Crippen LogP contribution in [0.15, 0.2) is 0 Å². The zero-order valence-electron chi connectivity index (χ0n) is 4.31. The zero-order valence-corrected chi connectivity index (χ0v) is 7.79. The van der Waals surface area contributed by atoms with Crippen molar-refractivity contribution in [3.8, 4) is 0 Å². The Morgan fingerprint density at radius 3 is 1.56 bits per heavy atom. The molecule has 1 heterocycles. The molecule has 1 fully saturated rings. The van der Waals surface area contributed by atoms with Crippen LogP contribution in [0.1, 0.15) is 0 Å². The first-order valence-electron chi connectivity index (χ1n) is 2.28. The molecule has 1 aliphatic heterocycles. The Morgan fingerprint density at radius 2 is 1.44 bits per heavy atom. The molecule has 2 N–H and O–H groups in total. The maximum atomic E-state index is 10.4. The normalized spacial score (nSPS) is 35.8. The van der Waals surface area contributed by atoms with E-state index in [9.17, 15) is 9.59 Å². The van der Waals surface area contributed by atoms with Crippen molar-refractivity contribution in [1.29, 1.82) is 0 Å². The van der Waals surface area contributed by atoms with Crippen LogP contribution in [0.3, 0.4) is 0 Å². The SMILES string of the molecule is O=[C]1[Bi+][C](=O)C(O)C1O. The topological polar surface area (TPSA) is 74.6 Å². The zero-order chi connectivity index (χ0) is 7.02. The Bertz CT molecular complexity index is 148. The first-order valence-corrected chi connectivity index (χ1v) is 5.76. The Kier molecular flexibility index (Phi) is 1.94.